The average Bonchev–Trinajstić information content (AvgIpc) is 3.14. The van der Waals surface area contributed by atoms with Crippen molar-refractivity contribution in [2.75, 3.05) is 6.54 Å². The van der Waals surface area contributed by atoms with E-state index in [1.54, 1.807) is 0 Å². The minimum Gasteiger partial charge on any atom is -0.357 e. The summed E-state index contributed by atoms with van der Waals surface area (Å²) in [4.78, 5) is 8.03. The second-order valence-corrected chi connectivity index (χ2v) is 6.89. The van der Waals surface area contributed by atoms with Crippen LogP contribution in [0, 0.1) is 13.8 Å². The van der Waals surface area contributed by atoms with Gasteiger partial charge in [-0.25, -0.2) is 4.98 Å². The second kappa shape index (κ2) is 7.22. The van der Waals surface area contributed by atoms with Gasteiger partial charge in [-0.15, -0.1) is 0 Å². The van der Waals surface area contributed by atoms with Crippen molar-refractivity contribution < 1.29 is 0 Å². The van der Waals surface area contributed by atoms with Gasteiger partial charge in [-0.05, 0) is 37.9 Å². The van der Waals surface area contributed by atoms with Crippen molar-refractivity contribution in [1.82, 2.24) is 19.9 Å². The molecule has 0 aliphatic carbocycles. The van der Waals surface area contributed by atoms with Crippen molar-refractivity contribution >= 4 is 10.9 Å². The number of aryl methyl sites for hydroxylation is 3. The average molecular weight is 324 g/mol. The molecule has 0 atom stereocenters. The van der Waals surface area contributed by atoms with Crippen LogP contribution in [0.2, 0.25) is 0 Å². The number of fused-ring (bicyclic) bond motifs is 1. The summed E-state index contributed by atoms with van der Waals surface area (Å²) in [7, 11) is 0. The van der Waals surface area contributed by atoms with E-state index in [-0.39, 0.29) is 0 Å². The number of imidazole rings is 1. The molecule has 0 spiro atoms. The van der Waals surface area contributed by atoms with Gasteiger partial charge in [0.05, 0.1) is 0 Å². The SMILES string of the molecule is Cc1c(CNCCCn2ccnc2C(C)C)[nH]c2c(C)cccc12. The molecular formula is C20H28N4. The maximum atomic E-state index is 4.44. The van der Waals surface area contributed by atoms with Crippen LogP contribution in [-0.4, -0.2) is 21.1 Å². The van der Waals surface area contributed by atoms with E-state index in [9.17, 15) is 0 Å². The standard InChI is InChI=1S/C20H28N4/c1-14(2)20-22-10-12-24(20)11-6-9-21-13-18-16(4)17-8-5-7-15(3)19(17)23-18/h5,7-8,10,12,14,21,23H,6,9,11,13H2,1-4H3. The summed E-state index contributed by atoms with van der Waals surface area (Å²) in [6, 6.07) is 6.49. The molecule has 0 radical (unpaired) electrons. The Hall–Kier alpha value is -2.07. The van der Waals surface area contributed by atoms with Crippen LogP contribution >= 0.6 is 0 Å². The third-order valence-corrected chi connectivity index (χ3v) is 4.72. The van der Waals surface area contributed by atoms with Crippen molar-refractivity contribution in [3.8, 4) is 0 Å². The normalized spacial score (nSPS) is 11.7. The first-order valence-corrected chi connectivity index (χ1v) is 8.86. The third-order valence-electron chi connectivity index (χ3n) is 4.72. The predicted molar refractivity (Wildman–Crippen MR) is 100 cm³/mol. The fraction of sp³-hybridized carbons (Fsp3) is 0.450. The molecule has 0 aliphatic rings. The zero-order chi connectivity index (χ0) is 17.1. The van der Waals surface area contributed by atoms with Gasteiger partial charge in [0.25, 0.3) is 0 Å². The Bertz CT molecular complexity index is 810. The van der Waals surface area contributed by atoms with Crippen LogP contribution in [-0.2, 0) is 13.1 Å². The first-order chi connectivity index (χ1) is 11.6. The van der Waals surface area contributed by atoms with Gasteiger partial charge >= 0.3 is 0 Å². The molecule has 0 unspecified atom stereocenters. The number of para-hydroxylation sites is 1. The van der Waals surface area contributed by atoms with Gasteiger partial charge in [0.15, 0.2) is 0 Å². The maximum Gasteiger partial charge on any atom is 0.111 e. The second-order valence-electron chi connectivity index (χ2n) is 6.89. The number of aromatic amines is 1. The highest BCUT2D eigenvalue weighted by Gasteiger charge is 2.09. The fourth-order valence-corrected chi connectivity index (χ4v) is 3.33. The van der Waals surface area contributed by atoms with E-state index < -0.39 is 0 Å². The summed E-state index contributed by atoms with van der Waals surface area (Å²) in [5.74, 6) is 1.65. The topological polar surface area (TPSA) is 45.6 Å². The van der Waals surface area contributed by atoms with E-state index >= 15 is 0 Å². The van der Waals surface area contributed by atoms with E-state index in [0.717, 1.165) is 26.1 Å². The Balaban J connectivity index is 1.53. The van der Waals surface area contributed by atoms with Crippen LogP contribution in [0.1, 0.15) is 48.8 Å². The predicted octanol–water partition coefficient (Wildman–Crippen LogP) is 4.28. The monoisotopic (exact) mass is 324 g/mol. The Morgan fingerprint density at radius 3 is 2.83 bits per heavy atom. The van der Waals surface area contributed by atoms with E-state index in [1.165, 1.54) is 33.5 Å². The lowest BCUT2D eigenvalue weighted by Gasteiger charge is -2.10. The van der Waals surface area contributed by atoms with Crippen molar-refractivity contribution in [2.45, 2.75) is 53.1 Å². The number of nitrogens with zero attached hydrogens (tertiary/aromatic N) is 2. The summed E-state index contributed by atoms with van der Waals surface area (Å²) in [5.41, 5.74) is 5.23. The molecule has 0 amide bonds. The Morgan fingerprint density at radius 1 is 1.25 bits per heavy atom. The number of aromatic nitrogens is 3. The van der Waals surface area contributed by atoms with Crippen molar-refractivity contribution in [2.24, 2.45) is 0 Å². The van der Waals surface area contributed by atoms with Gasteiger partial charge < -0.3 is 14.9 Å². The lowest BCUT2D eigenvalue weighted by Crippen LogP contribution is -2.17. The highest BCUT2D eigenvalue weighted by Crippen LogP contribution is 2.24. The van der Waals surface area contributed by atoms with Gasteiger partial charge in [-0.2, -0.15) is 0 Å². The first-order valence-electron chi connectivity index (χ1n) is 8.86. The zero-order valence-electron chi connectivity index (χ0n) is 15.2. The molecule has 2 heterocycles. The van der Waals surface area contributed by atoms with E-state index in [4.69, 9.17) is 0 Å². The van der Waals surface area contributed by atoms with Crippen LogP contribution in [0.25, 0.3) is 10.9 Å². The Kier molecular flexibility index (Phi) is 5.05. The number of H-pyrrole nitrogens is 1. The van der Waals surface area contributed by atoms with Gasteiger partial charge in [0.2, 0.25) is 0 Å². The third kappa shape index (κ3) is 3.39. The molecule has 3 rings (SSSR count). The quantitative estimate of drug-likeness (QED) is 0.637. The molecule has 0 fully saturated rings. The van der Waals surface area contributed by atoms with E-state index in [2.05, 4.69) is 71.9 Å². The molecule has 0 bridgehead atoms. The summed E-state index contributed by atoms with van der Waals surface area (Å²) < 4.78 is 2.27. The number of hydrogen-bond acceptors (Lipinski definition) is 2. The molecule has 2 aromatic heterocycles. The molecule has 24 heavy (non-hydrogen) atoms. The van der Waals surface area contributed by atoms with Crippen molar-refractivity contribution in [1.29, 1.82) is 0 Å². The Labute approximate surface area is 144 Å². The number of benzene rings is 1. The highest BCUT2D eigenvalue weighted by atomic mass is 15.1. The van der Waals surface area contributed by atoms with Gasteiger partial charge in [0.1, 0.15) is 5.82 Å². The van der Waals surface area contributed by atoms with Crippen LogP contribution in [0.3, 0.4) is 0 Å². The van der Waals surface area contributed by atoms with Crippen molar-refractivity contribution in [3.63, 3.8) is 0 Å². The molecule has 1 aromatic carbocycles. The summed E-state index contributed by atoms with van der Waals surface area (Å²) in [6.45, 7) is 11.7. The minimum absolute atomic E-state index is 0.477. The smallest absolute Gasteiger partial charge is 0.111 e. The molecule has 0 aliphatic heterocycles. The number of rotatable bonds is 7. The van der Waals surface area contributed by atoms with Crippen LogP contribution in [0.15, 0.2) is 30.6 Å². The lowest BCUT2D eigenvalue weighted by atomic mass is 10.1. The zero-order valence-corrected chi connectivity index (χ0v) is 15.2. The van der Waals surface area contributed by atoms with Crippen LogP contribution in [0.5, 0.6) is 0 Å². The number of nitrogens with one attached hydrogen (secondary N) is 2. The molecule has 0 saturated carbocycles. The Morgan fingerprint density at radius 2 is 2.08 bits per heavy atom. The summed E-state index contributed by atoms with van der Waals surface area (Å²) in [6.07, 6.45) is 5.09. The first kappa shape index (κ1) is 16.8. The molecule has 3 aromatic rings. The highest BCUT2D eigenvalue weighted by molar-refractivity contribution is 5.86. The molecule has 4 heteroatoms. The summed E-state index contributed by atoms with van der Waals surface area (Å²) in [5, 5.41) is 4.91. The van der Waals surface area contributed by atoms with Gasteiger partial charge in [0, 0.05) is 48.0 Å². The number of hydrogen-bond donors (Lipinski definition) is 2. The van der Waals surface area contributed by atoms with Gasteiger partial charge in [-0.1, -0.05) is 32.0 Å². The fourth-order valence-electron chi connectivity index (χ4n) is 3.33. The lowest BCUT2D eigenvalue weighted by molar-refractivity contribution is 0.552. The maximum absolute atomic E-state index is 4.44. The minimum atomic E-state index is 0.477. The summed E-state index contributed by atoms with van der Waals surface area (Å²) >= 11 is 0. The van der Waals surface area contributed by atoms with E-state index in [1.807, 2.05) is 6.20 Å². The van der Waals surface area contributed by atoms with Crippen LogP contribution in [0.4, 0.5) is 0 Å². The molecule has 2 N–H and O–H groups in total. The molecule has 0 saturated heterocycles. The molecule has 4 nitrogen and oxygen atoms in total. The largest absolute Gasteiger partial charge is 0.357 e. The molecule has 128 valence electrons. The van der Waals surface area contributed by atoms with Crippen molar-refractivity contribution in [3.05, 3.63) is 53.2 Å². The van der Waals surface area contributed by atoms with Crippen LogP contribution < -0.4 is 5.32 Å². The van der Waals surface area contributed by atoms with E-state index in [0.29, 0.717) is 5.92 Å². The van der Waals surface area contributed by atoms with Gasteiger partial charge in [-0.3, -0.25) is 0 Å². The molecular weight excluding hydrogens is 296 g/mol.